The van der Waals surface area contributed by atoms with Gasteiger partial charge in [-0.3, -0.25) is 0 Å². The average molecular weight is 687 g/mol. The molecule has 9 rings (SSSR count). The van der Waals surface area contributed by atoms with Crippen molar-refractivity contribution in [1.82, 2.24) is 0 Å². The number of aliphatic carboxylic acids is 1. The third-order valence-corrected chi connectivity index (χ3v) is 13.2. The molecule has 0 radical (unpaired) electrons. The van der Waals surface area contributed by atoms with Gasteiger partial charge in [0.1, 0.15) is 11.6 Å². The standard InChI is InChI=1S/C44H34N2O2S2/c1-44(2)35-13-7-6-12-32(35)33-17-15-27(24-36(33)44)42-34-23-28(21-26-9-8-14-37(41(26)34)46(42)30-10-4-3-5-11-30)38-19-20-40(50-38)39-18-16-31(49-39)22-29(25-45)43(47)48/h3-7,10-13,15-24,37,42H,8-9,14H2,1-2H3,(H,47,48). The minimum absolute atomic E-state index is 0.0735. The smallest absolute Gasteiger partial charge is 0.346 e. The van der Waals surface area contributed by atoms with Crippen molar-refractivity contribution < 1.29 is 9.90 Å². The number of nitrogens with zero attached hydrogens (tertiary/aromatic N) is 2. The summed E-state index contributed by atoms with van der Waals surface area (Å²) in [7, 11) is 0. The van der Waals surface area contributed by atoms with Gasteiger partial charge >= 0.3 is 5.97 Å². The van der Waals surface area contributed by atoms with Crippen LogP contribution in [0.3, 0.4) is 0 Å². The van der Waals surface area contributed by atoms with Crippen LogP contribution in [0.5, 0.6) is 0 Å². The van der Waals surface area contributed by atoms with Crippen LogP contribution in [0, 0.1) is 11.3 Å². The molecule has 2 atom stereocenters. The number of rotatable bonds is 6. The monoisotopic (exact) mass is 686 g/mol. The molecule has 0 bridgehead atoms. The predicted octanol–water partition coefficient (Wildman–Crippen LogP) is 11.4. The molecular weight excluding hydrogens is 653 g/mol. The van der Waals surface area contributed by atoms with Crippen LogP contribution in [-0.4, -0.2) is 11.1 Å². The first-order valence-electron chi connectivity index (χ1n) is 17.1. The lowest BCUT2D eigenvalue weighted by molar-refractivity contribution is -0.132. The van der Waals surface area contributed by atoms with Crippen LogP contribution in [0.15, 0.2) is 115 Å². The van der Waals surface area contributed by atoms with Gasteiger partial charge in [-0.1, -0.05) is 74.5 Å². The lowest BCUT2D eigenvalue weighted by Gasteiger charge is -2.35. The number of benzene rings is 4. The highest BCUT2D eigenvalue weighted by Gasteiger charge is 2.44. The van der Waals surface area contributed by atoms with Gasteiger partial charge in [0.05, 0.1) is 12.1 Å². The average Bonchev–Trinajstić information content (AvgIpc) is 3.92. The third kappa shape index (κ3) is 4.80. The first-order valence-corrected chi connectivity index (χ1v) is 18.7. The van der Waals surface area contributed by atoms with E-state index in [-0.39, 0.29) is 17.0 Å². The first kappa shape index (κ1) is 30.8. The number of carbonyl (C=O) groups is 1. The summed E-state index contributed by atoms with van der Waals surface area (Å²) in [4.78, 5) is 18.2. The molecule has 0 spiro atoms. The Morgan fingerprint density at radius 2 is 1.60 bits per heavy atom. The van der Waals surface area contributed by atoms with Crippen molar-refractivity contribution in [2.45, 2.75) is 50.6 Å². The summed E-state index contributed by atoms with van der Waals surface area (Å²) in [6.45, 7) is 4.73. The molecule has 0 saturated carbocycles. The Labute approximate surface area is 300 Å². The van der Waals surface area contributed by atoms with Crippen molar-refractivity contribution in [2.75, 3.05) is 4.90 Å². The number of anilines is 1. The second-order valence-corrected chi connectivity index (χ2v) is 16.2. The maximum absolute atomic E-state index is 11.4. The second kappa shape index (κ2) is 11.7. The van der Waals surface area contributed by atoms with Gasteiger partial charge in [0.15, 0.2) is 0 Å². The Kier molecular flexibility index (Phi) is 7.20. The van der Waals surface area contributed by atoms with E-state index in [1.54, 1.807) is 17.4 Å². The molecule has 0 fully saturated rings. The molecule has 4 nitrogen and oxygen atoms in total. The fraction of sp³-hybridized carbons (Fsp3) is 0.182. The van der Waals surface area contributed by atoms with Crippen molar-refractivity contribution >= 4 is 40.4 Å². The molecule has 6 heteroatoms. The molecule has 4 aromatic carbocycles. The minimum Gasteiger partial charge on any atom is -0.477 e. The molecule has 1 N–H and O–H groups in total. The molecular formula is C44H34N2O2S2. The largest absolute Gasteiger partial charge is 0.477 e. The summed E-state index contributed by atoms with van der Waals surface area (Å²) in [5, 5.41) is 18.5. The number of para-hydroxylation sites is 1. The van der Waals surface area contributed by atoms with Gasteiger partial charge in [-0.25, -0.2) is 4.79 Å². The number of carboxylic acid groups (broad SMARTS) is 1. The van der Waals surface area contributed by atoms with Gasteiger partial charge in [0.2, 0.25) is 0 Å². The zero-order valence-corrected chi connectivity index (χ0v) is 29.4. The van der Waals surface area contributed by atoms with Crippen molar-refractivity contribution in [3.05, 3.63) is 153 Å². The van der Waals surface area contributed by atoms with Gasteiger partial charge in [0.25, 0.3) is 0 Å². The number of carboxylic acids is 1. The topological polar surface area (TPSA) is 64.3 Å². The number of aryl methyl sites for hydroxylation is 1. The number of nitriles is 1. The summed E-state index contributed by atoms with van der Waals surface area (Å²) in [6, 6.07) is 42.5. The highest BCUT2D eigenvalue weighted by molar-refractivity contribution is 7.24. The SMILES string of the molecule is CC1(C)c2ccccc2-c2ccc(C3c4cc(-c5ccc(-c6ccc(C=C(C#N)C(=O)O)s6)s5)cc5c4C(CCC5)N3c3ccccc3)cc21. The van der Waals surface area contributed by atoms with Gasteiger partial charge in [-0.15, -0.1) is 22.7 Å². The fourth-order valence-electron chi connectivity index (χ4n) is 8.59. The molecule has 0 amide bonds. The van der Waals surface area contributed by atoms with Crippen LogP contribution in [0.2, 0.25) is 0 Å². The maximum Gasteiger partial charge on any atom is 0.346 e. The molecule has 3 heterocycles. The molecule has 2 unspecified atom stereocenters. The fourth-order valence-corrected chi connectivity index (χ4v) is 10.6. The van der Waals surface area contributed by atoms with Crippen LogP contribution in [0.4, 0.5) is 5.69 Å². The van der Waals surface area contributed by atoms with E-state index < -0.39 is 5.97 Å². The van der Waals surface area contributed by atoms with Crippen molar-refractivity contribution in [1.29, 1.82) is 5.26 Å². The van der Waals surface area contributed by atoms with Crippen LogP contribution >= 0.6 is 22.7 Å². The summed E-state index contributed by atoms with van der Waals surface area (Å²) >= 11 is 3.27. The molecule has 0 saturated heterocycles. The Morgan fingerprint density at radius 3 is 2.42 bits per heavy atom. The third-order valence-electron chi connectivity index (χ3n) is 10.8. The number of fused-ring (bicyclic) bond motifs is 3. The van der Waals surface area contributed by atoms with Crippen molar-refractivity contribution in [3.8, 4) is 37.4 Å². The quantitative estimate of drug-likeness (QED) is 0.140. The van der Waals surface area contributed by atoms with E-state index in [9.17, 15) is 15.2 Å². The Balaban J connectivity index is 1.16. The van der Waals surface area contributed by atoms with Crippen LogP contribution in [0.1, 0.15) is 77.0 Å². The van der Waals surface area contributed by atoms with E-state index >= 15 is 0 Å². The first-order chi connectivity index (χ1) is 24.3. The molecule has 2 aromatic heterocycles. The van der Waals surface area contributed by atoms with E-state index in [0.717, 1.165) is 33.9 Å². The molecule has 2 aliphatic carbocycles. The zero-order valence-electron chi connectivity index (χ0n) is 27.8. The number of hydrogen-bond donors (Lipinski definition) is 1. The van der Waals surface area contributed by atoms with Gasteiger partial charge in [-0.2, -0.15) is 5.26 Å². The lowest BCUT2D eigenvalue weighted by atomic mass is 9.81. The van der Waals surface area contributed by atoms with Crippen molar-refractivity contribution in [3.63, 3.8) is 0 Å². The highest BCUT2D eigenvalue weighted by Crippen LogP contribution is 2.56. The van der Waals surface area contributed by atoms with E-state index in [4.69, 9.17) is 0 Å². The Hall–Kier alpha value is -5.22. The van der Waals surface area contributed by atoms with Crippen LogP contribution in [0.25, 0.3) is 37.4 Å². The minimum atomic E-state index is -1.21. The summed E-state index contributed by atoms with van der Waals surface area (Å²) < 4.78 is 0. The normalized spacial score (nSPS) is 18.3. The van der Waals surface area contributed by atoms with E-state index in [1.165, 1.54) is 78.0 Å². The maximum atomic E-state index is 11.4. The van der Waals surface area contributed by atoms with Gasteiger partial charge < -0.3 is 10.0 Å². The van der Waals surface area contributed by atoms with Gasteiger partial charge in [-0.05, 0) is 124 Å². The summed E-state index contributed by atoms with van der Waals surface area (Å²) in [5.74, 6) is -1.21. The van der Waals surface area contributed by atoms with E-state index in [1.807, 2.05) is 12.1 Å². The highest BCUT2D eigenvalue weighted by atomic mass is 32.1. The molecule has 244 valence electrons. The summed E-state index contributed by atoms with van der Waals surface area (Å²) in [5.41, 5.74) is 13.4. The summed E-state index contributed by atoms with van der Waals surface area (Å²) in [6.07, 6.45) is 4.83. The number of hydrogen-bond acceptors (Lipinski definition) is 5. The Bertz CT molecular complexity index is 2410. The molecule has 1 aliphatic heterocycles. The molecule has 6 aromatic rings. The molecule has 50 heavy (non-hydrogen) atoms. The lowest BCUT2D eigenvalue weighted by Crippen LogP contribution is -2.28. The van der Waals surface area contributed by atoms with Crippen LogP contribution < -0.4 is 4.90 Å². The van der Waals surface area contributed by atoms with Crippen molar-refractivity contribution in [2.24, 2.45) is 0 Å². The van der Waals surface area contributed by atoms with E-state index in [0.29, 0.717) is 6.04 Å². The molecule has 3 aliphatic rings. The Morgan fingerprint density at radius 1 is 0.860 bits per heavy atom. The second-order valence-electron chi connectivity index (χ2n) is 14.0. The van der Waals surface area contributed by atoms with E-state index in [2.05, 4.69) is 116 Å². The van der Waals surface area contributed by atoms with Crippen LogP contribution in [-0.2, 0) is 16.6 Å². The zero-order chi connectivity index (χ0) is 34.1. The van der Waals surface area contributed by atoms with Gasteiger partial charge in [0, 0.05) is 30.6 Å². The number of thiophene rings is 2. The predicted molar refractivity (Wildman–Crippen MR) is 205 cm³/mol.